The van der Waals surface area contributed by atoms with Crippen LogP contribution in [0.15, 0.2) is 59.7 Å². The molecule has 1 atom stereocenters. The van der Waals surface area contributed by atoms with Crippen LogP contribution in [-0.4, -0.2) is 16.7 Å². The molecular weight excluding hydrogens is 384 g/mol. The number of amides is 1. The summed E-state index contributed by atoms with van der Waals surface area (Å²) in [4.78, 5) is 12.4. The smallest absolute Gasteiger partial charge is 0.261 e. The van der Waals surface area contributed by atoms with Gasteiger partial charge in [-0.2, -0.15) is 10.4 Å². The number of nitriles is 1. The van der Waals surface area contributed by atoms with E-state index in [1.807, 2.05) is 57.2 Å². The van der Waals surface area contributed by atoms with Gasteiger partial charge in [0.2, 0.25) is 0 Å². The molecule has 146 valence electrons. The second-order valence-corrected chi connectivity index (χ2v) is 7.16. The van der Waals surface area contributed by atoms with E-state index in [-0.39, 0.29) is 0 Å². The molecule has 0 spiro atoms. The van der Waals surface area contributed by atoms with Crippen LogP contribution >= 0.6 is 11.6 Å². The lowest BCUT2D eigenvalue weighted by Gasteiger charge is -2.13. The molecule has 0 fully saturated rings. The van der Waals surface area contributed by atoms with E-state index in [0.29, 0.717) is 10.6 Å². The highest BCUT2D eigenvalue weighted by Gasteiger charge is 2.19. The van der Waals surface area contributed by atoms with Crippen LogP contribution in [0.5, 0.6) is 0 Å². The van der Waals surface area contributed by atoms with E-state index >= 15 is 0 Å². The Morgan fingerprint density at radius 1 is 1.17 bits per heavy atom. The Bertz CT molecular complexity index is 1110. The van der Waals surface area contributed by atoms with E-state index in [2.05, 4.69) is 15.1 Å². The third-order valence-electron chi connectivity index (χ3n) is 4.85. The highest BCUT2D eigenvalue weighted by Crippen LogP contribution is 2.26. The minimum absolute atomic E-state index is 0.463. The molecule has 1 N–H and O–H groups in total. The summed E-state index contributed by atoms with van der Waals surface area (Å²) in [6.07, 6.45) is 1.59. The van der Waals surface area contributed by atoms with Crippen molar-refractivity contribution in [3.05, 3.63) is 87.7 Å². The molecule has 0 aliphatic rings. The molecule has 0 radical (unpaired) electrons. The third-order valence-corrected chi connectivity index (χ3v) is 5.26. The summed E-state index contributed by atoms with van der Waals surface area (Å²) in [5, 5.41) is 14.1. The number of nitrogens with one attached hydrogen (secondary N) is 1. The van der Waals surface area contributed by atoms with E-state index in [4.69, 9.17) is 11.6 Å². The summed E-state index contributed by atoms with van der Waals surface area (Å²) in [6.45, 7) is 5.97. The fourth-order valence-electron chi connectivity index (χ4n) is 3.29. The van der Waals surface area contributed by atoms with Gasteiger partial charge in [-0.1, -0.05) is 48.0 Å². The average Bonchev–Trinajstić information content (AvgIpc) is 2.99. The van der Waals surface area contributed by atoms with Gasteiger partial charge >= 0.3 is 0 Å². The number of aromatic nitrogens is 1. The number of benzene rings is 2. The quantitative estimate of drug-likeness (QED) is 0.489. The zero-order valence-electron chi connectivity index (χ0n) is 16.5. The van der Waals surface area contributed by atoms with E-state index in [1.54, 1.807) is 30.5 Å². The number of hydrazone groups is 1. The van der Waals surface area contributed by atoms with Gasteiger partial charge in [0, 0.05) is 27.7 Å². The summed E-state index contributed by atoms with van der Waals surface area (Å²) in [6, 6.07) is 18.7. The molecule has 1 heterocycles. The number of carbonyl (C=O) groups excluding carboxylic acids is 1. The molecule has 0 aliphatic heterocycles. The maximum absolute atomic E-state index is 12.4. The molecular formula is C23H21ClN4O. The molecule has 5 nitrogen and oxygen atoms in total. The van der Waals surface area contributed by atoms with E-state index in [1.165, 1.54) is 0 Å². The van der Waals surface area contributed by atoms with E-state index in [0.717, 1.165) is 28.2 Å². The molecule has 0 aliphatic carbocycles. The van der Waals surface area contributed by atoms with Crippen LogP contribution < -0.4 is 5.43 Å². The maximum atomic E-state index is 12.4. The number of hydrogen-bond donors (Lipinski definition) is 1. The van der Waals surface area contributed by atoms with Crippen molar-refractivity contribution in [2.75, 3.05) is 0 Å². The summed E-state index contributed by atoms with van der Waals surface area (Å²) in [5.41, 5.74) is 7.98. The topological polar surface area (TPSA) is 70.2 Å². The van der Waals surface area contributed by atoms with Crippen LogP contribution in [0.1, 0.15) is 34.0 Å². The van der Waals surface area contributed by atoms with Crippen molar-refractivity contribution in [2.24, 2.45) is 5.10 Å². The van der Waals surface area contributed by atoms with Crippen LogP contribution in [0.4, 0.5) is 0 Å². The lowest BCUT2D eigenvalue weighted by atomic mass is 10.0. The van der Waals surface area contributed by atoms with Gasteiger partial charge in [0.15, 0.2) is 5.92 Å². The van der Waals surface area contributed by atoms with Crippen LogP contribution in [0, 0.1) is 32.1 Å². The van der Waals surface area contributed by atoms with Gasteiger partial charge in [0.1, 0.15) is 0 Å². The monoisotopic (exact) mass is 404 g/mol. The fourth-order valence-corrected chi connectivity index (χ4v) is 3.46. The standard InChI is InChI=1S/C23H21ClN4O/c1-15-12-19(17(3)28(15)22-11-7-10-21(24)16(22)2)14-26-27-23(29)20(13-25)18-8-5-4-6-9-18/h4-12,14,20H,1-3H3,(H,27,29)/b26-14-/t20-/m0/s1. The van der Waals surface area contributed by atoms with Crippen LogP contribution in [0.25, 0.3) is 5.69 Å². The minimum atomic E-state index is -0.908. The Morgan fingerprint density at radius 3 is 2.59 bits per heavy atom. The second-order valence-electron chi connectivity index (χ2n) is 6.75. The van der Waals surface area contributed by atoms with E-state index in [9.17, 15) is 10.1 Å². The molecule has 0 bridgehead atoms. The van der Waals surface area contributed by atoms with Gasteiger partial charge in [-0.25, -0.2) is 5.43 Å². The number of nitrogens with zero attached hydrogens (tertiary/aromatic N) is 3. The van der Waals surface area contributed by atoms with Gasteiger partial charge in [-0.05, 0) is 50.1 Å². The first-order chi connectivity index (χ1) is 13.9. The Balaban J connectivity index is 1.81. The van der Waals surface area contributed by atoms with Gasteiger partial charge in [-0.3, -0.25) is 4.79 Å². The molecule has 3 rings (SSSR count). The van der Waals surface area contributed by atoms with Gasteiger partial charge in [0.05, 0.1) is 12.3 Å². The van der Waals surface area contributed by atoms with Crippen LogP contribution in [0.3, 0.4) is 0 Å². The summed E-state index contributed by atoms with van der Waals surface area (Å²) in [5.74, 6) is -1.37. The molecule has 1 aromatic heterocycles. The Morgan fingerprint density at radius 2 is 1.90 bits per heavy atom. The predicted molar refractivity (Wildman–Crippen MR) is 116 cm³/mol. The Kier molecular flexibility index (Phi) is 6.16. The Labute approximate surface area is 175 Å². The highest BCUT2D eigenvalue weighted by molar-refractivity contribution is 6.31. The molecule has 3 aromatic rings. The molecule has 2 aromatic carbocycles. The number of hydrogen-bond acceptors (Lipinski definition) is 3. The maximum Gasteiger partial charge on any atom is 0.261 e. The molecule has 0 saturated carbocycles. The second kappa shape index (κ2) is 8.76. The zero-order valence-corrected chi connectivity index (χ0v) is 17.2. The lowest BCUT2D eigenvalue weighted by Crippen LogP contribution is -2.24. The number of halogens is 1. The van der Waals surface area contributed by atoms with Crippen molar-refractivity contribution >= 4 is 23.7 Å². The van der Waals surface area contributed by atoms with Crippen molar-refractivity contribution in [3.63, 3.8) is 0 Å². The van der Waals surface area contributed by atoms with Crippen molar-refractivity contribution < 1.29 is 4.79 Å². The Hall–Kier alpha value is -3.36. The number of aryl methyl sites for hydroxylation is 1. The summed E-state index contributed by atoms with van der Waals surface area (Å²) < 4.78 is 2.10. The normalized spacial score (nSPS) is 12.0. The largest absolute Gasteiger partial charge is 0.318 e. The predicted octanol–water partition coefficient (Wildman–Crippen LogP) is 4.81. The summed E-state index contributed by atoms with van der Waals surface area (Å²) in [7, 11) is 0. The third kappa shape index (κ3) is 4.23. The first-order valence-electron chi connectivity index (χ1n) is 9.16. The molecule has 6 heteroatoms. The van der Waals surface area contributed by atoms with Gasteiger partial charge in [0.25, 0.3) is 5.91 Å². The molecule has 0 unspecified atom stereocenters. The zero-order chi connectivity index (χ0) is 21.0. The summed E-state index contributed by atoms with van der Waals surface area (Å²) >= 11 is 6.27. The van der Waals surface area contributed by atoms with Gasteiger partial charge in [-0.15, -0.1) is 0 Å². The fraction of sp³-hybridized carbons (Fsp3) is 0.174. The van der Waals surface area contributed by atoms with E-state index < -0.39 is 11.8 Å². The lowest BCUT2D eigenvalue weighted by molar-refractivity contribution is -0.121. The van der Waals surface area contributed by atoms with Gasteiger partial charge < -0.3 is 4.57 Å². The van der Waals surface area contributed by atoms with Crippen LogP contribution in [-0.2, 0) is 4.79 Å². The molecule has 1 amide bonds. The highest BCUT2D eigenvalue weighted by atomic mass is 35.5. The molecule has 29 heavy (non-hydrogen) atoms. The first-order valence-corrected chi connectivity index (χ1v) is 9.53. The van der Waals surface area contributed by atoms with Crippen molar-refractivity contribution in [2.45, 2.75) is 26.7 Å². The number of rotatable bonds is 5. The van der Waals surface area contributed by atoms with Crippen molar-refractivity contribution in [1.29, 1.82) is 5.26 Å². The van der Waals surface area contributed by atoms with Crippen molar-refractivity contribution in [3.8, 4) is 11.8 Å². The van der Waals surface area contributed by atoms with Crippen LogP contribution in [0.2, 0.25) is 5.02 Å². The first kappa shape index (κ1) is 20.4. The van der Waals surface area contributed by atoms with Crippen molar-refractivity contribution in [1.82, 2.24) is 9.99 Å². The molecule has 0 saturated heterocycles. The SMILES string of the molecule is Cc1c(Cl)cccc1-n1c(C)cc(/C=N\NC(=O)[C@@H](C#N)c2ccccc2)c1C. The number of carbonyl (C=O) groups is 1. The minimum Gasteiger partial charge on any atom is -0.318 e. The average molecular weight is 405 g/mol.